The lowest BCUT2D eigenvalue weighted by Gasteiger charge is -2.33. The van der Waals surface area contributed by atoms with Crippen molar-refractivity contribution < 1.29 is 9.90 Å². The molecular weight excluding hydrogens is 234 g/mol. The lowest BCUT2D eigenvalue weighted by Crippen LogP contribution is -2.39. The summed E-state index contributed by atoms with van der Waals surface area (Å²) in [4.78, 5) is 14.7. The van der Waals surface area contributed by atoms with Crippen molar-refractivity contribution in [1.29, 1.82) is 0 Å². The maximum atomic E-state index is 11.4. The minimum atomic E-state index is -0.744. The molecule has 4 heteroatoms. The van der Waals surface area contributed by atoms with Crippen molar-refractivity contribution in [2.24, 2.45) is 0 Å². The molecule has 0 radical (unpaired) electrons. The summed E-state index contributed by atoms with van der Waals surface area (Å²) in [5.74, 6) is -0.744. The number of carboxylic acid groups (broad SMARTS) is 1. The Kier molecular flexibility index (Phi) is 3.64. The molecule has 0 spiro atoms. The summed E-state index contributed by atoms with van der Waals surface area (Å²) in [6.07, 6.45) is 1.83. The van der Waals surface area contributed by atoms with Crippen molar-refractivity contribution in [2.75, 3.05) is 13.1 Å². The third-order valence-electron chi connectivity index (χ3n) is 3.13. The molecule has 0 fully saturated rings. The third-order valence-corrected chi connectivity index (χ3v) is 4.12. The fraction of sp³-hybridized carbons (Fsp3) is 0.462. The van der Waals surface area contributed by atoms with Gasteiger partial charge in [-0.1, -0.05) is 5.57 Å². The van der Waals surface area contributed by atoms with E-state index in [0.29, 0.717) is 0 Å². The van der Waals surface area contributed by atoms with Crippen LogP contribution in [0.4, 0.5) is 0 Å². The van der Waals surface area contributed by atoms with Gasteiger partial charge in [0.2, 0.25) is 0 Å². The van der Waals surface area contributed by atoms with Crippen LogP contribution in [0.1, 0.15) is 29.8 Å². The maximum Gasteiger partial charge on any atom is 0.325 e. The molecule has 0 saturated carbocycles. The molecule has 3 nitrogen and oxygen atoms in total. The smallest absolute Gasteiger partial charge is 0.325 e. The highest BCUT2D eigenvalue weighted by Gasteiger charge is 2.33. The first-order valence-corrected chi connectivity index (χ1v) is 6.65. The lowest BCUT2D eigenvalue weighted by atomic mass is 9.99. The molecule has 2 rings (SSSR count). The van der Waals surface area contributed by atoms with E-state index < -0.39 is 12.0 Å². The lowest BCUT2D eigenvalue weighted by molar-refractivity contribution is -0.144. The highest BCUT2D eigenvalue weighted by Crippen LogP contribution is 2.33. The van der Waals surface area contributed by atoms with Crippen LogP contribution >= 0.6 is 11.3 Å². The molecule has 1 unspecified atom stereocenters. The Morgan fingerprint density at radius 1 is 1.71 bits per heavy atom. The number of aliphatic carboxylic acids is 1. The molecule has 0 saturated heterocycles. The number of nitrogens with zero attached hydrogens (tertiary/aromatic N) is 1. The molecule has 1 aliphatic rings. The van der Waals surface area contributed by atoms with Gasteiger partial charge in [0, 0.05) is 18.0 Å². The largest absolute Gasteiger partial charge is 0.480 e. The second-order valence-electron chi connectivity index (χ2n) is 4.53. The predicted octanol–water partition coefficient (Wildman–Crippen LogP) is 2.70. The van der Waals surface area contributed by atoms with Crippen LogP contribution in [0.2, 0.25) is 0 Å². The van der Waals surface area contributed by atoms with Crippen LogP contribution in [0.3, 0.4) is 0 Å². The zero-order chi connectivity index (χ0) is 12.4. The van der Waals surface area contributed by atoms with Crippen molar-refractivity contribution in [3.8, 4) is 0 Å². The van der Waals surface area contributed by atoms with Gasteiger partial charge in [-0.2, -0.15) is 0 Å². The maximum absolute atomic E-state index is 11.4. The third kappa shape index (κ3) is 2.58. The summed E-state index contributed by atoms with van der Waals surface area (Å²) < 4.78 is 0. The Bertz CT molecular complexity index is 438. The number of hydrogen-bond donors (Lipinski definition) is 1. The van der Waals surface area contributed by atoms with Gasteiger partial charge in [0.1, 0.15) is 6.04 Å². The van der Waals surface area contributed by atoms with Gasteiger partial charge in [0.15, 0.2) is 0 Å². The van der Waals surface area contributed by atoms with Crippen molar-refractivity contribution in [3.05, 3.63) is 34.0 Å². The number of carboxylic acids is 1. The van der Waals surface area contributed by atoms with Crippen molar-refractivity contribution in [2.45, 2.75) is 25.8 Å². The highest BCUT2D eigenvalue weighted by molar-refractivity contribution is 7.10. The Morgan fingerprint density at radius 2 is 2.47 bits per heavy atom. The molecule has 1 aromatic rings. The normalized spacial score (nSPS) is 19.9. The Hall–Kier alpha value is -1.13. The van der Waals surface area contributed by atoms with E-state index in [2.05, 4.69) is 6.58 Å². The monoisotopic (exact) mass is 251 g/mol. The minimum absolute atomic E-state index is 0.468. The molecule has 2 heterocycles. The van der Waals surface area contributed by atoms with Gasteiger partial charge in [-0.15, -0.1) is 17.9 Å². The number of rotatable bonds is 4. The van der Waals surface area contributed by atoms with E-state index in [-0.39, 0.29) is 0 Å². The number of carbonyl (C=O) groups is 1. The fourth-order valence-corrected chi connectivity index (χ4v) is 3.14. The molecule has 92 valence electrons. The van der Waals surface area contributed by atoms with Crippen LogP contribution in [-0.4, -0.2) is 29.1 Å². The van der Waals surface area contributed by atoms with E-state index in [4.69, 9.17) is 0 Å². The van der Waals surface area contributed by atoms with E-state index in [1.165, 1.54) is 4.88 Å². The molecule has 0 bridgehead atoms. The topological polar surface area (TPSA) is 40.5 Å². The van der Waals surface area contributed by atoms with Gasteiger partial charge in [-0.25, -0.2) is 0 Å². The van der Waals surface area contributed by atoms with Crippen molar-refractivity contribution >= 4 is 17.3 Å². The first-order valence-electron chi connectivity index (χ1n) is 5.77. The Morgan fingerprint density at radius 3 is 3.12 bits per heavy atom. The summed E-state index contributed by atoms with van der Waals surface area (Å²) in [6.45, 7) is 7.46. The van der Waals surface area contributed by atoms with E-state index in [0.717, 1.165) is 37.1 Å². The predicted molar refractivity (Wildman–Crippen MR) is 69.4 cm³/mol. The van der Waals surface area contributed by atoms with Crippen LogP contribution in [0.15, 0.2) is 23.6 Å². The Labute approximate surface area is 105 Å². The second-order valence-corrected chi connectivity index (χ2v) is 5.53. The molecule has 17 heavy (non-hydrogen) atoms. The van der Waals surface area contributed by atoms with E-state index in [1.54, 1.807) is 11.3 Å². The van der Waals surface area contributed by atoms with Crippen molar-refractivity contribution in [1.82, 2.24) is 4.90 Å². The summed E-state index contributed by atoms with van der Waals surface area (Å²) in [5.41, 5.74) is 2.08. The molecule has 1 aliphatic heterocycles. The molecule has 0 aliphatic carbocycles. The van der Waals surface area contributed by atoms with Gasteiger partial charge in [-0.3, -0.25) is 9.69 Å². The SMILES string of the molecule is C=C(C)CCN1CCc2sccc2C1C(=O)O. The average Bonchev–Trinajstić information content (AvgIpc) is 2.72. The number of hydrogen-bond acceptors (Lipinski definition) is 3. The molecule has 1 N–H and O–H groups in total. The average molecular weight is 251 g/mol. The van der Waals surface area contributed by atoms with Crippen molar-refractivity contribution in [3.63, 3.8) is 0 Å². The van der Waals surface area contributed by atoms with Gasteiger partial charge < -0.3 is 5.11 Å². The second kappa shape index (κ2) is 5.02. The number of fused-ring (bicyclic) bond motifs is 1. The highest BCUT2D eigenvalue weighted by atomic mass is 32.1. The van der Waals surface area contributed by atoms with Gasteiger partial charge in [-0.05, 0) is 36.8 Å². The summed E-state index contributed by atoms with van der Waals surface area (Å²) in [7, 11) is 0. The zero-order valence-corrected chi connectivity index (χ0v) is 10.8. The van der Waals surface area contributed by atoms with Gasteiger partial charge in [0.05, 0.1) is 0 Å². The first kappa shape index (κ1) is 12.3. The summed E-state index contributed by atoms with van der Waals surface area (Å²) in [6, 6.07) is 1.48. The zero-order valence-electron chi connectivity index (χ0n) is 9.98. The van der Waals surface area contributed by atoms with E-state index in [9.17, 15) is 9.90 Å². The first-order chi connectivity index (χ1) is 8.09. The van der Waals surface area contributed by atoms with Crippen LogP contribution in [0.5, 0.6) is 0 Å². The van der Waals surface area contributed by atoms with Crippen LogP contribution in [0.25, 0.3) is 0 Å². The molecule has 0 aromatic carbocycles. The quantitative estimate of drug-likeness (QED) is 0.836. The van der Waals surface area contributed by atoms with E-state index >= 15 is 0 Å². The van der Waals surface area contributed by atoms with Gasteiger partial charge >= 0.3 is 5.97 Å². The van der Waals surface area contributed by atoms with Gasteiger partial charge in [0.25, 0.3) is 0 Å². The summed E-state index contributed by atoms with van der Waals surface area (Å²) in [5, 5.41) is 11.4. The minimum Gasteiger partial charge on any atom is -0.480 e. The van der Waals surface area contributed by atoms with E-state index in [1.807, 2.05) is 23.3 Å². The molecule has 0 amide bonds. The summed E-state index contributed by atoms with van der Waals surface area (Å²) >= 11 is 1.67. The fourth-order valence-electron chi connectivity index (χ4n) is 2.23. The van der Waals surface area contributed by atoms with Crippen LogP contribution < -0.4 is 0 Å². The molecule has 1 atom stereocenters. The van der Waals surface area contributed by atoms with Crippen LogP contribution in [-0.2, 0) is 11.2 Å². The molecule has 1 aromatic heterocycles. The standard InChI is InChI=1S/C13H17NO2S/c1-9(2)3-6-14-7-4-11-10(5-8-17-11)12(14)13(15)16/h5,8,12H,1,3-4,6-7H2,2H3,(H,15,16). The molecular formula is C13H17NO2S. The Balaban J connectivity index is 2.18. The van der Waals surface area contributed by atoms with Crippen LogP contribution in [0, 0.1) is 0 Å². The number of thiophene rings is 1.